The molecule has 1 aromatic rings. The minimum atomic E-state index is 0.176. The van der Waals surface area contributed by atoms with Crippen molar-refractivity contribution in [3.05, 3.63) is 35.4 Å². The molecule has 0 N–H and O–H groups in total. The van der Waals surface area contributed by atoms with E-state index in [0.717, 1.165) is 24.8 Å². The molecular weight excluding hydrogens is 324 g/mol. The van der Waals surface area contributed by atoms with Gasteiger partial charge in [-0.1, -0.05) is 51.0 Å². The van der Waals surface area contributed by atoms with E-state index in [1.807, 2.05) is 9.80 Å². The molecule has 1 saturated heterocycles. The molecule has 1 aromatic carbocycles. The van der Waals surface area contributed by atoms with E-state index >= 15 is 0 Å². The third-order valence-corrected chi connectivity index (χ3v) is 5.67. The zero-order valence-electron chi connectivity index (χ0n) is 16.2. The number of rotatable bonds is 5. The summed E-state index contributed by atoms with van der Waals surface area (Å²) in [6, 6.07) is 8.44. The van der Waals surface area contributed by atoms with Crippen molar-refractivity contribution in [2.75, 3.05) is 26.2 Å². The first-order valence-electron chi connectivity index (χ1n) is 10.2. The Kier molecular flexibility index (Phi) is 6.33. The van der Waals surface area contributed by atoms with E-state index in [-0.39, 0.29) is 11.8 Å². The van der Waals surface area contributed by atoms with Crippen molar-refractivity contribution in [3.8, 4) is 0 Å². The average molecular weight is 357 g/mol. The molecule has 0 spiro atoms. The quantitative estimate of drug-likeness (QED) is 0.812. The third-order valence-electron chi connectivity index (χ3n) is 5.67. The van der Waals surface area contributed by atoms with Crippen LogP contribution in [0.1, 0.15) is 50.7 Å². The van der Waals surface area contributed by atoms with Crippen molar-refractivity contribution in [2.24, 2.45) is 11.8 Å². The fourth-order valence-electron chi connectivity index (χ4n) is 4.16. The van der Waals surface area contributed by atoms with Crippen LogP contribution in [0.25, 0.3) is 0 Å². The van der Waals surface area contributed by atoms with Crippen LogP contribution < -0.4 is 0 Å². The first-order valence-corrected chi connectivity index (χ1v) is 10.2. The molecule has 0 bridgehead atoms. The van der Waals surface area contributed by atoms with E-state index in [4.69, 9.17) is 0 Å². The third kappa shape index (κ3) is 4.87. The Balaban J connectivity index is 1.46. The highest BCUT2D eigenvalue weighted by Gasteiger charge is 2.30. The van der Waals surface area contributed by atoms with Gasteiger partial charge in [-0.25, -0.2) is 0 Å². The van der Waals surface area contributed by atoms with Crippen molar-refractivity contribution in [3.63, 3.8) is 0 Å². The van der Waals surface area contributed by atoms with Gasteiger partial charge in [0.05, 0.1) is 6.42 Å². The number of hydrogen-bond donors (Lipinski definition) is 0. The molecule has 0 unspecified atom stereocenters. The summed E-state index contributed by atoms with van der Waals surface area (Å²) in [5.74, 6) is 1.37. The summed E-state index contributed by atoms with van der Waals surface area (Å²) in [4.78, 5) is 29.0. The SMILES string of the molecule is CC(C)Cc1ccc(CC(=O)N2CCN(C(=O)C3CCCC3)CC2)cc1. The number of nitrogens with zero attached hydrogens (tertiary/aromatic N) is 2. The number of amides is 2. The molecule has 1 saturated carbocycles. The van der Waals surface area contributed by atoms with E-state index < -0.39 is 0 Å². The molecule has 0 radical (unpaired) electrons. The van der Waals surface area contributed by atoms with Crippen LogP contribution in [0.3, 0.4) is 0 Å². The van der Waals surface area contributed by atoms with Gasteiger partial charge in [0.1, 0.15) is 0 Å². The number of hydrogen-bond acceptors (Lipinski definition) is 2. The zero-order chi connectivity index (χ0) is 18.5. The van der Waals surface area contributed by atoms with Gasteiger partial charge in [-0.05, 0) is 36.3 Å². The van der Waals surface area contributed by atoms with Gasteiger partial charge in [0.15, 0.2) is 0 Å². The lowest BCUT2D eigenvalue weighted by Gasteiger charge is -2.36. The van der Waals surface area contributed by atoms with Crippen molar-refractivity contribution >= 4 is 11.8 Å². The minimum absolute atomic E-state index is 0.176. The second-order valence-corrected chi connectivity index (χ2v) is 8.28. The number of piperazine rings is 1. The molecule has 2 aliphatic rings. The van der Waals surface area contributed by atoms with Crippen LogP contribution in [0.15, 0.2) is 24.3 Å². The lowest BCUT2D eigenvalue weighted by Crippen LogP contribution is -2.52. The van der Waals surface area contributed by atoms with E-state index in [9.17, 15) is 9.59 Å². The van der Waals surface area contributed by atoms with Gasteiger partial charge in [0.2, 0.25) is 11.8 Å². The maximum atomic E-state index is 12.6. The lowest BCUT2D eigenvalue weighted by atomic mass is 10.0. The first kappa shape index (κ1) is 18.9. The Bertz CT molecular complexity index is 610. The van der Waals surface area contributed by atoms with Crippen LogP contribution in [0.5, 0.6) is 0 Å². The largest absolute Gasteiger partial charge is 0.339 e. The van der Waals surface area contributed by atoms with Gasteiger partial charge in [-0.2, -0.15) is 0 Å². The molecule has 1 aliphatic heterocycles. The van der Waals surface area contributed by atoms with Gasteiger partial charge in [0.25, 0.3) is 0 Å². The fraction of sp³-hybridized carbons (Fsp3) is 0.636. The van der Waals surface area contributed by atoms with Crippen LogP contribution in [-0.2, 0) is 22.4 Å². The molecular formula is C22H32N2O2. The van der Waals surface area contributed by atoms with Gasteiger partial charge in [-0.3, -0.25) is 9.59 Å². The Morgan fingerprint density at radius 3 is 2.04 bits per heavy atom. The summed E-state index contributed by atoms with van der Waals surface area (Å²) in [6.07, 6.45) is 5.99. The number of carbonyl (C=O) groups excluding carboxylic acids is 2. The Labute approximate surface area is 157 Å². The molecule has 2 fully saturated rings. The number of carbonyl (C=O) groups is 2. The second-order valence-electron chi connectivity index (χ2n) is 8.28. The van der Waals surface area contributed by atoms with Gasteiger partial charge < -0.3 is 9.80 Å². The highest BCUT2D eigenvalue weighted by atomic mass is 16.2. The monoisotopic (exact) mass is 356 g/mol. The van der Waals surface area contributed by atoms with E-state index in [0.29, 0.717) is 44.4 Å². The predicted molar refractivity (Wildman–Crippen MR) is 104 cm³/mol. The van der Waals surface area contributed by atoms with Crippen LogP contribution in [0.2, 0.25) is 0 Å². The highest BCUT2D eigenvalue weighted by molar-refractivity contribution is 5.81. The molecule has 0 atom stereocenters. The molecule has 4 heteroatoms. The summed E-state index contributed by atoms with van der Waals surface area (Å²) in [7, 11) is 0. The fourth-order valence-corrected chi connectivity index (χ4v) is 4.16. The molecule has 0 aromatic heterocycles. The smallest absolute Gasteiger partial charge is 0.227 e. The standard InChI is InChI=1S/C22H32N2O2/c1-17(2)15-18-7-9-19(10-8-18)16-21(25)23-11-13-24(14-12-23)22(26)20-5-3-4-6-20/h7-10,17,20H,3-6,11-16H2,1-2H3. The normalized spacial score (nSPS) is 18.6. The van der Waals surface area contributed by atoms with Crippen LogP contribution in [0.4, 0.5) is 0 Å². The highest BCUT2D eigenvalue weighted by Crippen LogP contribution is 2.27. The maximum Gasteiger partial charge on any atom is 0.227 e. The van der Waals surface area contributed by atoms with E-state index in [2.05, 4.69) is 38.1 Å². The molecule has 142 valence electrons. The topological polar surface area (TPSA) is 40.6 Å². The summed E-state index contributed by atoms with van der Waals surface area (Å²) < 4.78 is 0. The van der Waals surface area contributed by atoms with Crippen LogP contribution >= 0.6 is 0 Å². The predicted octanol–water partition coefficient (Wildman–Crippen LogP) is 3.29. The van der Waals surface area contributed by atoms with Crippen LogP contribution in [0, 0.1) is 11.8 Å². The van der Waals surface area contributed by atoms with Crippen molar-refractivity contribution in [2.45, 2.75) is 52.4 Å². The summed E-state index contributed by atoms with van der Waals surface area (Å²) in [5.41, 5.74) is 2.40. The Morgan fingerprint density at radius 2 is 1.46 bits per heavy atom. The average Bonchev–Trinajstić information content (AvgIpc) is 3.17. The van der Waals surface area contributed by atoms with E-state index in [1.54, 1.807) is 0 Å². The number of benzene rings is 1. The van der Waals surface area contributed by atoms with Gasteiger partial charge in [-0.15, -0.1) is 0 Å². The van der Waals surface area contributed by atoms with Crippen LogP contribution in [-0.4, -0.2) is 47.8 Å². The zero-order valence-corrected chi connectivity index (χ0v) is 16.2. The van der Waals surface area contributed by atoms with Crippen molar-refractivity contribution in [1.29, 1.82) is 0 Å². The van der Waals surface area contributed by atoms with Gasteiger partial charge in [0, 0.05) is 32.1 Å². The molecule has 4 nitrogen and oxygen atoms in total. The van der Waals surface area contributed by atoms with Crippen molar-refractivity contribution in [1.82, 2.24) is 9.80 Å². The maximum absolute atomic E-state index is 12.6. The summed E-state index contributed by atoms with van der Waals surface area (Å²) in [5, 5.41) is 0. The molecule has 26 heavy (non-hydrogen) atoms. The van der Waals surface area contributed by atoms with E-state index in [1.165, 1.54) is 18.4 Å². The molecule has 1 heterocycles. The lowest BCUT2D eigenvalue weighted by molar-refractivity contribution is -0.141. The summed E-state index contributed by atoms with van der Waals surface area (Å²) in [6.45, 7) is 7.15. The minimum Gasteiger partial charge on any atom is -0.339 e. The molecule has 3 rings (SSSR count). The van der Waals surface area contributed by atoms with Gasteiger partial charge >= 0.3 is 0 Å². The van der Waals surface area contributed by atoms with Crippen molar-refractivity contribution < 1.29 is 9.59 Å². The summed E-state index contributed by atoms with van der Waals surface area (Å²) >= 11 is 0. The second kappa shape index (κ2) is 8.70. The Hall–Kier alpha value is -1.84. The molecule has 1 aliphatic carbocycles. The first-order chi connectivity index (χ1) is 12.5. The Morgan fingerprint density at radius 1 is 0.923 bits per heavy atom. The molecule has 2 amide bonds.